The summed E-state index contributed by atoms with van der Waals surface area (Å²) in [5.41, 5.74) is 18.9. The Kier molecular flexibility index (Phi) is 9.47. The van der Waals surface area contributed by atoms with Gasteiger partial charge >= 0.3 is 0 Å². The van der Waals surface area contributed by atoms with Crippen LogP contribution in [-0.2, 0) is 5.41 Å². The second kappa shape index (κ2) is 16.5. The van der Waals surface area contributed by atoms with Crippen molar-refractivity contribution < 1.29 is 4.42 Å². The van der Waals surface area contributed by atoms with Crippen molar-refractivity contribution in [3.8, 4) is 44.5 Å². The van der Waals surface area contributed by atoms with Crippen molar-refractivity contribution >= 4 is 60.5 Å². The van der Waals surface area contributed by atoms with E-state index in [-0.39, 0.29) is 0 Å². The maximum absolute atomic E-state index is 6.69. The number of furan rings is 1. The molecule has 0 atom stereocenters. The van der Waals surface area contributed by atoms with E-state index in [1.807, 2.05) is 0 Å². The monoisotopic (exact) mass is 903 g/mol. The normalized spacial score (nSPS) is 12.6. The van der Waals surface area contributed by atoms with E-state index < -0.39 is 5.41 Å². The molecule has 71 heavy (non-hydrogen) atoms. The Hall–Kier alpha value is -9.24. The molecule has 1 aromatic heterocycles. The van der Waals surface area contributed by atoms with Crippen molar-refractivity contribution in [3.63, 3.8) is 0 Å². The third-order valence-electron chi connectivity index (χ3n) is 14.9. The quantitative estimate of drug-likeness (QED) is 0.151. The van der Waals surface area contributed by atoms with E-state index in [4.69, 9.17) is 4.42 Å². The van der Waals surface area contributed by atoms with Crippen LogP contribution in [0, 0.1) is 0 Å². The molecule has 1 aliphatic rings. The van der Waals surface area contributed by atoms with Crippen molar-refractivity contribution in [1.82, 2.24) is 0 Å². The Morgan fingerprint density at radius 1 is 0.310 bits per heavy atom. The molecule has 0 bridgehead atoms. The third-order valence-corrected chi connectivity index (χ3v) is 14.9. The fourth-order valence-corrected chi connectivity index (χ4v) is 11.8. The molecule has 0 saturated carbocycles. The zero-order valence-corrected chi connectivity index (χ0v) is 38.8. The summed E-state index contributed by atoms with van der Waals surface area (Å²) in [7, 11) is 0. The van der Waals surface area contributed by atoms with Gasteiger partial charge in [0.15, 0.2) is 0 Å². The summed E-state index contributed by atoms with van der Waals surface area (Å²) in [5, 5.41) is 7.08. The summed E-state index contributed by atoms with van der Waals surface area (Å²) in [6.45, 7) is 0. The lowest BCUT2D eigenvalue weighted by Crippen LogP contribution is -2.28. The van der Waals surface area contributed by atoms with Crippen molar-refractivity contribution in [3.05, 3.63) is 295 Å². The van der Waals surface area contributed by atoms with Crippen LogP contribution >= 0.6 is 0 Å². The van der Waals surface area contributed by atoms with Crippen LogP contribution in [0.1, 0.15) is 22.3 Å². The van der Waals surface area contributed by atoms with E-state index in [1.165, 1.54) is 66.2 Å². The minimum atomic E-state index is -0.554. The van der Waals surface area contributed by atoms with Crippen LogP contribution in [-0.4, -0.2) is 0 Å². The van der Waals surface area contributed by atoms with Gasteiger partial charge in [-0.25, -0.2) is 0 Å². The number of para-hydroxylation sites is 1. The van der Waals surface area contributed by atoms with Crippen molar-refractivity contribution in [2.24, 2.45) is 0 Å². The molecule has 0 fully saturated rings. The summed E-state index contributed by atoms with van der Waals surface area (Å²) in [6.07, 6.45) is 0. The predicted octanol–water partition coefficient (Wildman–Crippen LogP) is 18.7. The molecule has 332 valence electrons. The standard InChI is InChI=1S/C69H45NO/c1-3-22-52(23-4-1)69(53-24-5-2-6-25-53)61-31-13-11-28-59(61)68-62(69)32-17-34-64(68)70(54-42-40-47(41-43-54)46-36-38-49(39-37-46)56-29-15-21-48-18-9-10-26-55(48)56)63-33-14-12-27-57(63)58-30-16-35-65-67(58)60-44-50-19-7-8-20-51(50)45-66(60)71-65/h1-45H. The van der Waals surface area contributed by atoms with Gasteiger partial charge < -0.3 is 9.32 Å². The molecule has 2 heteroatoms. The number of rotatable bonds is 8. The number of hydrogen-bond donors (Lipinski definition) is 0. The first-order valence-corrected chi connectivity index (χ1v) is 24.5. The highest BCUT2D eigenvalue weighted by atomic mass is 16.3. The molecule has 0 amide bonds. The van der Waals surface area contributed by atoms with Gasteiger partial charge in [-0.15, -0.1) is 0 Å². The van der Waals surface area contributed by atoms with E-state index >= 15 is 0 Å². The predicted molar refractivity (Wildman–Crippen MR) is 297 cm³/mol. The summed E-state index contributed by atoms with van der Waals surface area (Å²) in [4.78, 5) is 2.50. The molecule has 0 unspecified atom stereocenters. The minimum Gasteiger partial charge on any atom is -0.456 e. The smallest absolute Gasteiger partial charge is 0.136 e. The van der Waals surface area contributed by atoms with E-state index in [2.05, 4.69) is 278 Å². The largest absolute Gasteiger partial charge is 0.456 e. The summed E-state index contributed by atoms with van der Waals surface area (Å²) >= 11 is 0. The molecule has 2 nitrogen and oxygen atoms in total. The topological polar surface area (TPSA) is 16.4 Å². The van der Waals surface area contributed by atoms with Gasteiger partial charge in [0.2, 0.25) is 0 Å². The molecular formula is C69H45NO. The average Bonchev–Trinajstić information content (AvgIpc) is 3.97. The molecule has 12 aromatic carbocycles. The Morgan fingerprint density at radius 2 is 0.831 bits per heavy atom. The lowest BCUT2D eigenvalue weighted by Gasteiger charge is -2.34. The molecule has 0 aliphatic heterocycles. The van der Waals surface area contributed by atoms with Crippen LogP contribution in [0.15, 0.2) is 277 Å². The van der Waals surface area contributed by atoms with Crippen molar-refractivity contribution in [1.29, 1.82) is 0 Å². The Bertz CT molecular complexity index is 4110. The molecule has 0 saturated heterocycles. The number of benzene rings is 12. The van der Waals surface area contributed by atoms with Gasteiger partial charge in [0, 0.05) is 27.6 Å². The van der Waals surface area contributed by atoms with Gasteiger partial charge in [-0.2, -0.15) is 0 Å². The second-order valence-electron chi connectivity index (χ2n) is 18.7. The van der Waals surface area contributed by atoms with Gasteiger partial charge in [-0.1, -0.05) is 231 Å². The van der Waals surface area contributed by atoms with E-state index in [9.17, 15) is 0 Å². The van der Waals surface area contributed by atoms with Crippen LogP contribution in [0.3, 0.4) is 0 Å². The lowest BCUT2D eigenvalue weighted by atomic mass is 9.68. The molecule has 1 heterocycles. The highest BCUT2D eigenvalue weighted by Crippen LogP contribution is 2.60. The molecule has 14 rings (SSSR count). The zero-order chi connectivity index (χ0) is 46.9. The molecule has 0 spiro atoms. The first kappa shape index (κ1) is 40.8. The van der Waals surface area contributed by atoms with Crippen LogP contribution in [0.2, 0.25) is 0 Å². The fourth-order valence-electron chi connectivity index (χ4n) is 11.8. The first-order chi connectivity index (χ1) is 35.2. The van der Waals surface area contributed by atoms with E-state index in [0.29, 0.717) is 0 Å². The third kappa shape index (κ3) is 6.42. The molecule has 0 N–H and O–H groups in total. The second-order valence-corrected chi connectivity index (χ2v) is 18.7. The maximum Gasteiger partial charge on any atom is 0.136 e. The number of anilines is 3. The number of hydrogen-bond acceptors (Lipinski definition) is 2. The highest BCUT2D eigenvalue weighted by Gasteiger charge is 2.47. The van der Waals surface area contributed by atoms with Crippen molar-refractivity contribution in [2.45, 2.75) is 5.41 Å². The van der Waals surface area contributed by atoms with Gasteiger partial charge in [0.25, 0.3) is 0 Å². The van der Waals surface area contributed by atoms with E-state index in [0.717, 1.165) is 61.1 Å². The van der Waals surface area contributed by atoms with Crippen molar-refractivity contribution in [2.75, 3.05) is 4.90 Å². The number of nitrogens with zero attached hydrogens (tertiary/aromatic N) is 1. The van der Waals surface area contributed by atoms with Crippen LogP contribution in [0.25, 0.3) is 88.0 Å². The van der Waals surface area contributed by atoms with Crippen LogP contribution < -0.4 is 4.90 Å². The van der Waals surface area contributed by atoms with E-state index in [1.54, 1.807) is 0 Å². The fraction of sp³-hybridized carbons (Fsp3) is 0.0145. The van der Waals surface area contributed by atoms with Gasteiger partial charge in [0.1, 0.15) is 11.2 Å². The van der Waals surface area contributed by atoms with Gasteiger partial charge in [-0.05, 0) is 120 Å². The summed E-state index contributed by atoms with van der Waals surface area (Å²) in [5.74, 6) is 0. The number of fused-ring (bicyclic) bond motifs is 8. The Labute approximate surface area is 413 Å². The lowest BCUT2D eigenvalue weighted by molar-refractivity contribution is 0.669. The summed E-state index contributed by atoms with van der Waals surface area (Å²) < 4.78 is 6.69. The van der Waals surface area contributed by atoms with Crippen LogP contribution in [0.5, 0.6) is 0 Å². The zero-order valence-electron chi connectivity index (χ0n) is 38.8. The van der Waals surface area contributed by atoms with Crippen LogP contribution in [0.4, 0.5) is 17.1 Å². The molecular weight excluding hydrogens is 859 g/mol. The Balaban J connectivity index is 0.987. The van der Waals surface area contributed by atoms with Gasteiger partial charge in [-0.3, -0.25) is 0 Å². The average molecular weight is 904 g/mol. The molecule has 0 radical (unpaired) electrons. The highest BCUT2D eigenvalue weighted by molar-refractivity contribution is 6.17. The minimum absolute atomic E-state index is 0.554. The molecule has 1 aliphatic carbocycles. The molecule has 13 aromatic rings. The summed E-state index contributed by atoms with van der Waals surface area (Å²) in [6, 6.07) is 99.9. The Morgan fingerprint density at radius 3 is 1.59 bits per heavy atom. The maximum atomic E-state index is 6.69. The SMILES string of the molecule is c1ccc(C2(c3ccccc3)c3ccccc3-c3c(N(c4ccc(-c5ccc(-c6cccc7ccccc67)cc5)cc4)c4ccccc4-c4cccc5oc6cc7ccccc7cc6c45)cccc32)cc1. The van der Waals surface area contributed by atoms with Gasteiger partial charge in [0.05, 0.1) is 16.8 Å². The first-order valence-electron chi connectivity index (χ1n) is 24.5.